The van der Waals surface area contributed by atoms with E-state index in [-0.39, 0.29) is 6.10 Å². The van der Waals surface area contributed by atoms with Gasteiger partial charge in [0.1, 0.15) is 0 Å². The van der Waals surface area contributed by atoms with Crippen molar-refractivity contribution in [1.82, 2.24) is 4.98 Å². The van der Waals surface area contributed by atoms with E-state index in [0.29, 0.717) is 12.5 Å². The van der Waals surface area contributed by atoms with Crippen LogP contribution in [0.25, 0.3) is 10.8 Å². The topological polar surface area (TPSA) is 71.2 Å². The highest BCUT2D eigenvalue weighted by Gasteiger charge is 2.15. The minimum Gasteiger partial charge on any atom is -0.398 e. The third kappa shape index (κ3) is 3.02. The Kier molecular flexibility index (Phi) is 4.79. The van der Waals surface area contributed by atoms with Gasteiger partial charge in [-0.1, -0.05) is 26.7 Å². The third-order valence-corrected chi connectivity index (χ3v) is 3.95. The highest BCUT2D eigenvalue weighted by atomic mass is 16.3. The molecule has 0 saturated carbocycles. The van der Waals surface area contributed by atoms with Gasteiger partial charge in [0.05, 0.1) is 6.10 Å². The first-order valence-corrected chi connectivity index (χ1v) is 7.21. The number of nitrogens with zero attached hydrogens (tertiary/aromatic N) is 1. The number of nitrogen functional groups attached to an aromatic ring is 1. The molecular weight excluding hydrogens is 250 g/mol. The van der Waals surface area contributed by atoms with Gasteiger partial charge in [-0.2, -0.15) is 0 Å². The van der Waals surface area contributed by atoms with Crippen LogP contribution in [0.4, 0.5) is 11.4 Å². The summed E-state index contributed by atoms with van der Waals surface area (Å²) in [6.45, 7) is 4.76. The van der Waals surface area contributed by atoms with Crippen LogP contribution in [-0.2, 0) is 0 Å². The Labute approximate surface area is 120 Å². The number of nitrogens with one attached hydrogen (secondary N) is 1. The Morgan fingerprint density at radius 2 is 1.95 bits per heavy atom. The maximum absolute atomic E-state index is 10.2. The molecule has 0 saturated heterocycles. The molecule has 4 heteroatoms. The lowest BCUT2D eigenvalue weighted by Crippen LogP contribution is -2.27. The van der Waals surface area contributed by atoms with E-state index in [0.717, 1.165) is 35.0 Å². The van der Waals surface area contributed by atoms with Crippen LogP contribution in [0.15, 0.2) is 30.6 Å². The van der Waals surface area contributed by atoms with Crippen LogP contribution in [0, 0.1) is 5.92 Å². The number of nitrogens with two attached hydrogens (primary N) is 1. The number of hydrogen-bond donors (Lipinski definition) is 3. The first-order chi connectivity index (χ1) is 9.67. The summed E-state index contributed by atoms with van der Waals surface area (Å²) in [5, 5.41) is 15.5. The molecule has 0 aliphatic carbocycles. The van der Waals surface area contributed by atoms with Crippen LogP contribution in [-0.4, -0.2) is 22.7 Å². The minimum atomic E-state index is -0.339. The lowest BCUT2D eigenvalue weighted by molar-refractivity contribution is 0.114. The molecule has 0 bridgehead atoms. The fourth-order valence-electron chi connectivity index (χ4n) is 2.58. The molecule has 1 aromatic carbocycles. The van der Waals surface area contributed by atoms with Crippen molar-refractivity contribution in [3.05, 3.63) is 30.6 Å². The van der Waals surface area contributed by atoms with Crippen molar-refractivity contribution in [2.75, 3.05) is 17.6 Å². The molecule has 0 fully saturated rings. The molecule has 0 radical (unpaired) electrons. The number of benzene rings is 1. The molecule has 1 heterocycles. The normalized spacial score (nSPS) is 12.8. The molecule has 0 spiro atoms. The molecule has 0 aliphatic rings. The zero-order chi connectivity index (χ0) is 14.5. The van der Waals surface area contributed by atoms with Crippen molar-refractivity contribution in [2.45, 2.75) is 32.8 Å². The molecule has 20 heavy (non-hydrogen) atoms. The highest BCUT2D eigenvalue weighted by molar-refractivity contribution is 6.00. The molecular formula is C16H23N3O. The fraction of sp³-hybridized carbons (Fsp3) is 0.438. The average Bonchev–Trinajstić information content (AvgIpc) is 2.48. The van der Waals surface area contributed by atoms with Gasteiger partial charge in [-0.25, -0.2) is 0 Å². The standard InChI is InChI=1S/C16H23N3O/c1-3-11(4-2)16(20)10-19-15-6-5-14(17)12-7-8-18-9-13(12)15/h5-9,11,16,19-20H,3-4,10,17H2,1-2H3. The van der Waals surface area contributed by atoms with Crippen molar-refractivity contribution in [2.24, 2.45) is 5.92 Å². The van der Waals surface area contributed by atoms with E-state index >= 15 is 0 Å². The fourth-order valence-corrected chi connectivity index (χ4v) is 2.58. The highest BCUT2D eigenvalue weighted by Crippen LogP contribution is 2.27. The van der Waals surface area contributed by atoms with Gasteiger partial charge < -0.3 is 16.2 Å². The molecule has 108 valence electrons. The maximum Gasteiger partial charge on any atom is 0.0740 e. The van der Waals surface area contributed by atoms with Crippen molar-refractivity contribution in [1.29, 1.82) is 0 Å². The summed E-state index contributed by atoms with van der Waals surface area (Å²) in [6.07, 6.45) is 5.18. The molecule has 4 N–H and O–H groups in total. The Hall–Kier alpha value is -1.81. The van der Waals surface area contributed by atoms with Crippen LogP contribution in [0.2, 0.25) is 0 Å². The van der Waals surface area contributed by atoms with Crippen molar-refractivity contribution < 1.29 is 5.11 Å². The number of fused-ring (bicyclic) bond motifs is 1. The molecule has 4 nitrogen and oxygen atoms in total. The van der Waals surface area contributed by atoms with E-state index in [1.54, 1.807) is 12.4 Å². The lowest BCUT2D eigenvalue weighted by atomic mass is 9.96. The van der Waals surface area contributed by atoms with Crippen LogP contribution in [0.1, 0.15) is 26.7 Å². The van der Waals surface area contributed by atoms with E-state index in [4.69, 9.17) is 5.73 Å². The van der Waals surface area contributed by atoms with Crippen LogP contribution in [0.3, 0.4) is 0 Å². The first kappa shape index (κ1) is 14.6. The lowest BCUT2D eigenvalue weighted by Gasteiger charge is -2.21. The van der Waals surface area contributed by atoms with Gasteiger partial charge in [0.25, 0.3) is 0 Å². The van der Waals surface area contributed by atoms with E-state index in [1.807, 2.05) is 18.2 Å². The van der Waals surface area contributed by atoms with E-state index in [2.05, 4.69) is 24.1 Å². The van der Waals surface area contributed by atoms with Gasteiger partial charge in [0.15, 0.2) is 0 Å². The number of aromatic nitrogens is 1. The molecule has 1 unspecified atom stereocenters. The summed E-state index contributed by atoms with van der Waals surface area (Å²) >= 11 is 0. The Balaban J connectivity index is 2.16. The molecule has 2 rings (SSSR count). The predicted octanol–water partition coefficient (Wildman–Crippen LogP) is 3.03. The number of hydrogen-bond acceptors (Lipinski definition) is 4. The predicted molar refractivity (Wildman–Crippen MR) is 84.7 cm³/mol. The second-order valence-corrected chi connectivity index (χ2v) is 5.15. The minimum absolute atomic E-state index is 0.334. The van der Waals surface area contributed by atoms with E-state index in [1.165, 1.54) is 0 Å². The number of rotatable bonds is 6. The zero-order valence-electron chi connectivity index (χ0n) is 12.1. The van der Waals surface area contributed by atoms with Gasteiger partial charge in [0, 0.05) is 41.1 Å². The molecule has 0 aliphatic heterocycles. The van der Waals surface area contributed by atoms with Crippen LogP contribution >= 0.6 is 0 Å². The van der Waals surface area contributed by atoms with Gasteiger partial charge in [0.2, 0.25) is 0 Å². The van der Waals surface area contributed by atoms with Crippen molar-refractivity contribution >= 4 is 22.1 Å². The van der Waals surface area contributed by atoms with Gasteiger partial charge in [-0.3, -0.25) is 4.98 Å². The van der Waals surface area contributed by atoms with Gasteiger partial charge in [-0.15, -0.1) is 0 Å². The van der Waals surface area contributed by atoms with E-state index in [9.17, 15) is 5.11 Å². The van der Waals surface area contributed by atoms with Crippen molar-refractivity contribution in [3.63, 3.8) is 0 Å². The number of anilines is 2. The Morgan fingerprint density at radius 3 is 2.65 bits per heavy atom. The number of aliphatic hydroxyl groups excluding tert-OH is 1. The smallest absolute Gasteiger partial charge is 0.0740 e. The Bertz CT molecular complexity index is 567. The summed E-state index contributed by atoms with van der Waals surface area (Å²) in [5.41, 5.74) is 7.68. The Morgan fingerprint density at radius 1 is 1.20 bits per heavy atom. The molecule has 0 amide bonds. The summed E-state index contributed by atoms with van der Waals surface area (Å²) in [6, 6.07) is 5.74. The third-order valence-electron chi connectivity index (χ3n) is 3.95. The van der Waals surface area contributed by atoms with E-state index < -0.39 is 0 Å². The van der Waals surface area contributed by atoms with Crippen LogP contribution < -0.4 is 11.1 Å². The molecule has 1 atom stereocenters. The van der Waals surface area contributed by atoms with Crippen molar-refractivity contribution in [3.8, 4) is 0 Å². The average molecular weight is 273 g/mol. The van der Waals surface area contributed by atoms with Crippen LogP contribution in [0.5, 0.6) is 0 Å². The number of pyridine rings is 1. The number of aliphatic hydroxyl groups is 1. The summed E-state index contributed by atoms with van der Waals surface area (Å²) < 4.78 is 0. The monoisotopic (exact) mass is 273 g/mol. The van der Waals surface area contributed by atoms with Gasteiger partial charge in [-0.05, 0) is 24.1 Å². The first-order valence-electron chi connectivity index (χ1n) is 7.21. The molecule has 1 aromatic heterocycles. The second kappa shape index (κ2) is 6.57. The van der Waals surface area contributed by atoms with Gasteiger partial charge >= 0.3 is 0 Å². The molecule has 2 aromatic rings. The summed E-state index contributed by atoms with van der Waals surface area (Å²) in [5.74, 6) is 0.334. The summed E-state index contributed by atoms with van der Waals surface area (Å²) in [7, 11) is 0. The maximum atomic E-state index is 10.2. The largest absolute Gasteiger partial charge is 0.398 e. The summed E-state index contributed by atoms with van der Waals surface area (Å²) in [4.78, 5) is 4.15. The quantitative estimate of drug-likeness (QED) is 0.707. The SMILES string of the molecule is CCC(CC)C(O)CNc1ccc(N)c2ccncc12. The zero-order valence-corrected chi connectivity index (χ0v) is 12.1. The second-order valence-electron chi connectivity index (χ2n) is 5.15.